The van der Waals surface area contributed by atoms with Gasteiger partial charge < -0.3 is 10.5 Å². The molecule has 0 bridgehead atoms. The lowest BCUT2D eigenvalue weighted by atomic mass is 9.84. The summed E-state index contributed by atoms with van der Waals surface area (Å²) in [5, 5.41) is 0. The van der Waals surface area contributed by atoms with Gasteiger partial charge in [-0.05, 0) is 38.0 Å². The Hall–Kier alpha value is -0.570. The Morgan fingerprint density at radius 2 is 1.73 bits per heavy atom. The lowest BCUT2D eigenvalue weighted by molar-refractivity contribution is -0.156. The fourth-order valence-electron chi connectivity index (χ4n) is 2.42. The van der Waals surface area contributed by atoms with Crippen LogP contribution in [0.1, 0.15) is 51.4 Å². The van der Waals surface area contributed by atoms with Crippen LogP contribution in [-0.2, 0) is 9.53 Å². The number of carbonyl (C=O) groups is 1. The van der Waals surface area contributed by atoms with Gasteiger partial charge >= 0.3 is 5.97 Å². The van der Waals surface area contributed by atoms with E-state index in [1.54, 1.807) is 0 Å². The molecule has 1 unspecified atom stereocenters. The molecule has 2 aliphatic rings. The van der Waals surface area contributed by atoms with Gasteiger partial charge in [-0.3, -0.25) is 4.79 Å². The molecule has 0 spiro atoms. The summed E-state index contributed by atoms with van der Waals surface area (Å²) < 4.78 is 5.34. The minimum absolute atomic E-state index is 0.161. The van der Waals surface area contributed by atoms with Crippen molar-refractivity contribution in [3.05, 3.63) is 0 Å². The highest BCUT2D eigenvalue weighted by molar-refractivity contribution is 5.76. The smallest absolute Gasteiger partial charge is 0.323 e. The Morgan fingerprint density at radius 1 is 1.07 bits per heavy atom. The average molecular weight is 211 g/mol. The summed E-state index contributed by atoms with van der Waals surface area (Å²) in [7, 11) is 0. The van der Waals surface area contributed by atoms with Crippen LogP contribution < -0.4 is 5.73 Å². The summed E-state index contributed by atoms with van der Waals surface area (Å²) in [6.07, 6.45) is 9.35. The Labute approximate surface area is 91.4 Å². The van der Waals surface area contributed by atoms with Crippen LogP contribution >= 0.6 is 0 Å². The molecule has 0 aromatic heterocycles. The molecule has 2 rings (SSSR count). The van der Waals surface area contributed by atoms with E-state index in [0.717, 1.165) is 25.7 Å². The summed E-state index contributed by atoms with van der Waals surface area (Å²) in [5.74, 6) is 0.206. The van der Waals surface area contributed by atoms with Crippen molar-refractivity contribution in [1.82, 2.24) is 0 Å². The summed E-state index contributed by atoms with van der Waals surface area (Å²) >= 11 is 0. The maximum Gasteiger partial charge on any atom is 0.323 e. The molecule has 1 atom stereocenters. The number of esters is 1. The maximum atomic E-state index is 11.7. The van der Waals surface area contributed by atoms with Gasteiger partial charge in [0.25, 0.3) is 0 Å². The second-order valence-electron chi connectivity index (χ2n) is 4.91. The van der Waals surface area contributed by atoms with Gasteiger partial charge in [-0.1, -0.05) is 19.3 Å². The van der Waals surface area contributed by atoms with Crippen LogP contribution in [0.4, 0.5) is 0 Å². The van der Waals surface area contributed by atoms with Crippen molar-refractivity contribution in [3.8, 4) is 0 Å². The van der Waals surface area contributed by atoms with Crippen LogP contribution in [-0.4, -0.2) is 18.1 Å². The van der Waals surface area contributed by atoms with Gasteiger partial charge in [0.05, 0.1) is 0 Å². The second kappa shape index (κ2) is 4.97. The number of ether oxygens (including phenoxy) is 1. The molecule has 0 saturated heterocycles. The van der Waals surface area contributed by atoms with E-state index in [1.807, 2.05) is 0 Å². The van der Waals surface area contributed by atoms with Crippen LogP contribution in [0.2, 0.25) is 0 Å². The molecule has 0 aliphatic heterocycles. The summed E-state index contributed by atoms with van der Waals surface area (Å²) in [4.78, 5) is 11.7. The molecular weight excluding hydrogens is 190 g/mol. The first-order valence-corrected chi connectivity index (χ1v) is 6.23. The fourth-order valence-corrected chi connectivity index (χ4v) is 2.42. The standard InChI is InChI=1S/C12H21NO2/c13-11(9-5-2-1-3-6-9)12(14)15-10-7-4-8-10/h9-11H,1-8,13H2. The highest BCUT2D eigenvalue weighted by atomic mass is 16.5. The quantitative estimate of drug-likeness (QED) is 0.726. The molecule has 0 aromatic carbocycles. The number of hydrogen-bond acceptors (Lipinski definition) is 3. The van der Waals surface area contributed by atoms with E-state index in [1.165, 1.54) is 25.7 Å². The molecule has 0 radical (unpaired) electrons. The predicted molar refractivity (Wildman–Crippen MR) is 58.3 cm³/mol. The molecule has 0 amide bonds. The van der Waals surface area contributed by atoms with Crippen molar-refractivity contribution in [2.24, 2.45) is 11.7 Å². The molecule has 3 heteroatoms. The van der Waals surface area contributed by atoms with Crippen LogP contribution in [0.5, 0.6) is 0 Å². The Morgan fingerprint density at radius 3 is 2.27 bits per heavy atom. The first-order valence-electron chi connectivity index (χ1n) is 6.23. The zero-order valence-electron chi connectivity index (χ0n) is 9.28. The van der Waals surface area contributed by atoms with Crippen LogP contribution in [0.15, 0.2) is 0 Å². The number of hydrogen-bond donors (Lipinski definition) is 1. The summed E-state index contributed by atoms with van der Waals surface area (Å²) in [6, 6.07) is -0.370. The van der Waals surface area contributed by atoms with E-state index in [9.17, 15) is 4.79 Å². The Bertz CT molecular complexity index is 220. The van der Waals surface area contributed by atoms with E-state index < -0.39 is 0 Å². The molecule has 2 N–H and O–H groups in total. The Balaban J connectivity index is 1.77. The van der Waals surface area contributed by atoms with Crippen LogP contribution in [0.3, 0.4) is 0 Å². The molecule has 86 valence electrons. The monoisotopic (exact) mass is 211 g/mol. The van der Waals surface area contributed by atoms with E-state index in [-0.39, 0.29) is 18.1 Å². The van der Waals surface area contributed by atoms with Gasteiger partial charge in [0.15, 0.2) is 0 Å². The number of rotatable bonds is 3. The summed E-state index contributed by atoms with van der Waals surface area (Å²) in [6.45, 7) is 0. The third-order valence-electron chi connectivity index (χ3n) is 3.76. The van der Waals surface area contributed by atoms with Gasteiger partial charge in [-0.15, -0.1) is 0 Å². The summed E-state index contributed by atoms with van der Waals surface area (Å²) in [5.41, 5.74) is 5.94. The van der Waals surface area contributed by atoms with Crippen molar-refractivity contribution in [1.29, 1.82) is 0 Å². The third kappa shape index (κ3) is 2.71. The maximum absolute atomic E-state index is 11.7. The van der Waals surface area contributed by atoms with Gasteiger partial charge in [0, 0.05) is 0 Å². The van der Waals surface area contributed by atoms with E-state index in [2.05, 4.69) is 0 Å². The molecule has 0 heterocycles. The largest absolute Gasteiger partial charge is 0.461 e. The highest BCUT2D eigenvalue weighted by Crippen LogP contribution is 2.28. The molecule has 2 saturated carbocycles. The van der Waals surface area contributed by atoms with Crippen molar-refractivity contribution < 1.29 is 9.53 Å². The second-order valence-corrected chi connectivity index (χ2v) is 4.91. The van der Waals surface area contributed by atoms with Crippen LogP contribution in [0, 0.1) is 5.92 Å². The van der Waals surface area contributed by atoms with Gasteiger partial charge in [0.1, 0.15) is 12.1 Å². The van der Waals surface area contributed by atoms with E-state index >= 15 is 0 Å². The average Bonchev–Trinajstić information content (AvgIpc) is 2.23. The van der Waals surface area contributed by atoms with Gasteiger partial charge in [-0.2, -0.15) is 0 Å². The van der Waals surface area contributed by atoms with E-state index in [4.69, 9.17) is 10.5 Å². The van der Waals surface area contributed by atoms with Crippen LogP contribution in [0.25, 0.3) is 0 Å². The third-order valence-corrected chi connectivity index (χ3v) is 3.76. The molecular formula is C12H21NO2. The zero-order chi connectivity index (χ0) is 10.7. The van der Waals surface area contributed by atoms with Crippen molar-refractivity contribution in [2.45, 2.75) is 63.5 Å². The first-order chi connectivity index (χ1) is 7.27. The molecule has 0 aromatic rings. The lowest BCUT2D eigenvalue weighted by Gasteiger charge is -2.30. The SMILES string of the molecule is NC(C(=O)OC1CCC1)C1CCCCC1. The molecule has 2 fully saturated rings. The molecule has 15 heavy (non-hydrogen) atoms. The van der Waals surface area contributed by atoms with E-state index in [0.29, 0.717) is 5.92 Å². The van der Waals surface area contributed by atoms with Crippen molar-refractivity contribution >= 4 is 5.97 Å². The first kappa shape index (κ1) is 10.9. The highest BCUT2D eigenvalue weighted by Gasteiger charge is 2.30. The van der Waals surface area contributed by atoms with Gasteiger partial charge in [0.2, 0.25) is 0 Å². The number of nitrogens with two attached hydrogens (primary N) is 1. The lowest BCUT2D eigenvalue weighted by Crippen LogP contribution is -2.42. The minimum atomic E-state index is -0.370. The van der Waals surface area contributed by atoms with Crippen molar-refractivity contribution in [3.63, 3.8) is 0 Å². The Kier molecular flexibility index (Phi) is 3.62. The zero-order valence-corrected chi connectivity index (χ0v) is 9.28. The minimum Gasteiger partial charge on any atom is -0.461 e. The molecule has 2 aliphatic carbocycles. The fraction of sp³-hybridized carbons (Fsp3) is 0.917. The normalized spacial score (nSPS) is 25.7. The predicted octanol–water partition coefficient (Wildman–Crippen LogP) is 1.99. The van der Waals surface area contributed by atoms with Crippen molar-refractivity contribution in [2.75, 3.05) is 0 Å². The topological polar surface area (TPSA) is 52.3 Å². The van der Waals surface area contributed by atoms with Gasteiger partial charge in [-0.25, -0.2) is 0 Å². The molecule has 3 nitrogen and oxygen atoms in total. The number of carbonyl (C=O) groups excluding carboxylic acids is 1.